The van der Waals surface area contributed by atoms with E-state index in [1.54, 1.807) is 0 Å². The fourth-order valence-corrected chi connectivity index (χ4v) is 2.71. The molecule has 0 aliphatic heterocycles. The summed E-state index contributed by atoms with van der Waals surface area (Å²) in [5.41, 5.74) is -0.310. The van der Waals surface area contributed by atoms with Gasteiger partial charge in [-0.05, 0) is 28.1 Å². The van der Waals surface area contributed by atoms with Crippen LogP contribution < -0.4 is 10.1 Å². The molecule has 1 N–H and O–H groups in total. The average molecular weight is 459 g/mol. The summed E-state index contributed by atoms with van der Waals surface area (Å²) in [5.74, 6) is -1.98. The van der Waals surface area contributed by atoms with Gasteiger partial charge in [0.2, 0.25) is 0 Å². The third-order valence-electron chi connectivity index (χ3n) is 2.36. The highest BCUT2D eigenvalue weighted by molar-refractivity contribution is 9.11. The molecule has 0 aliphatic carbocycles. The zero-order chi connectivity index (χ0) is 17.6. The molecule has 0 bridgehead atoms. The number of benzene rings is 1. The van der Waals surface area contributed by atoms with E-state index in [4.69, 9.17) is 0 Å². The molecule has 0 aliphatic rings. The van der Waals surface area contributed by atoms with Gasteiger partial charge in [0.15, 0.2) is 5.75 Å². The predicted octanol–water partition coefficient (Wildman–Crippen LogP) is 3.45. The minimum atomic E-state index is -3.08. The molecule has 0 unspecified atom stereocenters. The first-order valence-electron chi connectivity index (χ1n) is 5.87. The number of anilines is 1. The normalized spacial score (nSPS) is 11.2. The van der Waals surface area contributed by atoms with Crippen LogP contribution in [0.3, 0.4) is 0 Å². The zero-order valence-electron chi connectivity index (χ0n) is 11.9. The lowest BCUT2D eigenvalue weighted by Gasteiger charge is -2.16. The van der Waals surface area contributed by atoms with E-state index in [0.29, 0.717) is 8.95 Å². The summed E-state index contributed by atoms with van der Waals surface area (Å²) in [6.07, 6.45) is 0.826. The summed E-state index contributed by atoms with van der Waals surface area (Å²) in [5, 5.41) is 2.52. The number of carbonyl (C=O) groups is 2. The minimum absolute atomic E-state index is 0.00838. The Labute approximate surface area is 147 Å². The number of rotatable bonds is 6. The molecule has 0 amide bonds. The van der Waals surface area contributed by atoms with Gasteiger partial charge >= 0.3 is 18.6 Å². The lowest BCUT2D eigenvalue weighted by Crippen LogP contribution is -2.16. The van der Waals surface area contributed by atoms with Gasteiger partial charge in [-0.3, -0.25) is 0 Å². The van der Waals surface area contributed by atoms with E-state index < -0.39 is 18.6 Å². The van der Waals surface area contributed by atoms with E-state index in [9.17, 15) is 18.4 Å². The van der Waals surface area contributed by atoms with Crippen LogP contribution in [0, 0.1) is 0 Å². The van der Waals surface area contributed by atoms with Gasteiger partial charge in [0.25, 0.3) is 0 Å². The van der Waals surface area contributed by atoms with Crippen LogP contribution in [0.1, 0.15) is 0 Å². The van der Waals surface area contributed by atoms with Crippen molar-refractivity contribution in [1.29, 1.82) is 0 Å². The van der Waals surface area contributed by atoms with Gasteiger partial charge in [-0.1, -0.05) is 15.9 Å². The van der Waals surface area contributed by atoms with E-state index >= 15 is 0 Å². The first-order chi connectivity index (χ1) is 10.8. The maximum absolute atomic E-state index is 12.5. The van der Waals surface area contributed by atoms with Crippen LogP contribution in [0.5, 0.6) is 5.75 Å². The highest BCUT2D eigenvalue weighted by Crippen LogP contribution is 2.38. The average Bonchev–Trinajstić information content (AvgIpc) is 2.47. The van der Waals surface area contributed by atoms with Crippen molar-refractivity contribution in [2.24, 2.45) is 0 Å². The number of hydrogen-bond acceptors (Lipinski definition) is 6. The summed E-state index contributed by atoms with van der Waals surface area (Å²) >= 11 is 6.29. The molecule has 0 saturated heterocycles. The standard InChI is InChI=1S/C13H11Br2F2NO5/c1-21-10(19)5-8(12(20)22-2)18-11-7(15)3-6(14)4-9(11)23-13(16)17/h3-5,13,18H,1-2H3/b8-5+. The quantitative estimate of drug-likeness (QED) is 0.519. The molecule has 6 nitrogen and oxygen atoms in total. The van der Waals surface area contributed by atoms with E-state index in [1.165, 1.54) is 12.1 Å². The van der Waals surface area contributed by atoms with Crippen molar-refractivity contribution in [3.63, 3.8) is 0 Å². The summed E-state index contributed by atoms with van der Waals surface area (Å²) in [6.45, 7) is -3.08. The van der Waals surface area contributed by atoms with E-state index in [-0.39, 0.29) is 17.1 Å². The molecule has 1 rings (SSSR count). The molecule has 0 fully saturated rings. The largest absolute Gasteiger partial charge is 0.466 e. The lowest BCUT2D eigenvalue weighted by molar-refractivity contribution is -0.138. The number of hydrogen-bond donors (Lipinski definition) is 1. The Hall–Kier alpha value is -1.68. The van der Waals surface area contributed by atoms with Crippen molar-refractivity contribution in [1.82, 2.24) is 0 Å². The van der Waals surface area contributed by atoms with Gasteiger partial charge in [-0.15, -0.1) is 0 Å². The molecule has 0 aromatic heterocycles. The molecular weight excluding hydrogens is 448 g/mol. The van der Waals surface area contributed by atoms with Crippen molar-refractivity contribution in [2.45, 2.75) is 6.61 Å². The number of esters is 2. The molecule has 0 atom stereocenters. The molecule has 1 aromatic rings. The Morgan fingerprint density at radius 3 is 2.39 bits per heavy atom. The third kappa shape index (κ3) is 5.79. The Kier molecular flexibility index (Phi) is 7.43. The highest BCUT2D eigenvalue weighted by atomic mass is 79.9. The Balaban J connectivity index is 3.29. The van der Waals surface area contributed by atoms with Crippen LogP contribution in [-0.2, 0) is 19.1 Å². The molecule has 0 saturated carbocycles. The molecular formula is C13H11Br2F2NO5. The van der Waals surface area contributed by atoms with Gasteiger partial charge in [0.1, 0.15) is 5.70 Å². The molecule has 0 radical (unpaired) electrons. The van der Waals surface area contributed by atoms with Crippen molar-refractivity contribution >= 4 is 49.5 Å². The second kappa shape index (κ2) is 8.82. The van der Waals surface area contributed by atoms with Crippen LogP contribution in [0.25, 0.3) is 0 Å². The Morgan fingerprint density at radius 2 is 1.87 bits per heavy atom. The fourth-order valence-electron chi connectivity index (χ4n) is 1.43. The van der Waals surface area contributed by atoms with Crippen molar-refractivity contribution < 1.29 is 32.6 Å². The number of alkyl halides is 2. The van der Waals surface area contributed by atoms with E-state index in [1.807, 2.05) is 0 Å². The summed E-state index contributed by atoms with van der Waals surface area (Å²) in [6, 6.07) is 2.81. The van der Waals surface area contributed by atoms with Gasteiger partial charge < -0.3 is 19.5 Å². The van der Waals surface area contributed by atoms with Crippen LogP contribution in [0.2, 0.25) is 0 Å². The second-order valence-corrected chi connectivity index (χ2v) is 5.61. The Morgan fingerprint density at radius 1 is 1.22 bits per heavy atom. The predicted molar refractivity (Wildman–Crippen MR) is 84.2 cm³/mol. The summed E-state index contributed by atoms with van der Waals surface area (Å²) < 4.78 is 39.2. The number of halogens is 4. The van der Waals surface area contributed by atoms with E-state index in [2.05, 4.69) is 51.4 Å². The maximum atomic E-state index is 12.5. The molecule has 23 heavy (non-hydrogen) atoms. The zero-order valence-corrected chi connectivity index (χ0v) is 15.0. The van der Waals surface area contributed by atoms with Gasteiger partial charge in [0.05, 0.1) is 26.0 Å². The van der Waals surface area contributed by atoms with Crippen molar-refractivity contribution in [3.8, 4) is 5.75 Å². The maximum Gasteiger partial charge on any atom is 0.387 e. The number of nitrogens with one attached hydrogen (secondary N) is 1. The third-order valence-corrected chi connectivity index (χ3v) is 3.45. The summed E-state index contributed by atoms with van der Waals surface area (Å²) in [4.78, 5) is 23.0. The molecule has 0 heterocycles. The van der Waals surface area contributed by atoms with Gasteiger partial charge in [-0.25, -0.2) is 9.59 Å². The minimum Gasteiger partial charge on any atom is -0.466 e. The monoisotopic (exact) mass is 457 g/mol. The lowest BCUT2D eigenvalue weighted by atomic mass is 10.2. The highest BCUT2D eigenvalue weighted by Gasteiger charge is 2.19. The van der Waals surface area contributed by atoms with Gasteiger partial charge in [-0.2, -0.15) is 8.78 Å². The Bertz CT molecular complexity index is 637. The smallest absolute Gasteiger partial charge is 0.387 e. The van der Waals surface area contributed by atoms with Gasteiger partial charge in [0, 0.05) is 8.95 Å². The molecule has 10 heteroatoms. The first-order valence-corrected chi connectivity index (χ1v) is 7.46. The second-order valence-electron chi connectivity index (χ2n) is 3.84. The van der Waals surface area contributed by atoms with Crippen LogP contribution >= 0.6 is 31.9 Å². The first kappa shape index (κ1) is 19.4. The molecule has 1 aromatic carbocycles. The SMILES string of the molecule is COC(=O)/C=C(/Nc1c(Br)cc(Br)cc1OC(F)F)C(=O)OC. The van der Waals surface area contributed by atoms with Crippen molar-refractivity contribution in [3.05, 3.63) is 32.9 Å². The molecule has 126 valence electrons. The topological polar surface area (TPSA) is 73.9 Å². The van der Waals surface area contributed by atoms with Crippen molar-refractivity contribution in [2.75, 3.05) is 19.5 Å². The van der Waals surface area contributed by atoms with E-state index in [0.717, 1.165) is 20.3 Å². The van der Waals surface area contributed by atoms with Crippen LogP contribution in [0.4, 0.5) is 14.5 Å². The fraction of sp³-hybridized carbons (Fsp3) is 0.231. The van der Waals surface area contributed by atoms with Crippen LogP contribution in [0.15, 0.2) is 32.9 Å². The number of methoxy groups -OCH3 is 2. The van der Waals surface area contributed by atoms with Crippen LogP contribution in [-0.4, -0.2) is 32.8 Å². The molecule has 0 spiro atoms. The number of carbonyl (C=O) groups excluding carboxylic acids is 2. The summed E-state index contributed by atoms with van der Waals surface area (Å²) in [7, 11) is 2.22. The number of ether oxygens (including phenoxy) is 3.